The second-order valence-electron chi connectivity index (χ2n) is 7.70. The molecule has 0 atom stereocenters. The van der Waals surface area contributed by atoms with E-state index in [1.165, 1.54) is 30.3 Å². The van der Waals surface area contributed by atoms with Crippen LogP contribution in [0, 0.1) is 0 Å². The third kappa shape index (κ3) is 5.17. The molecule has 0 aliphatic carbocycles. The molecule has 0 bridgehead atoms. The fraction of sp³-hybridized carbons (Fsp3) is 0.154. The lowest BCUT2D eigenvalue weighted by molar-refractivity contribution is -0.143. The number of hydrogen-bond donors (Lipinski definition) is 1. The number of rotatable bonds is 7. The number of halogens is 4. The first kappa shape index (κ1) is 24.3. The third-order valence-electron chi connectivity index (χ3n) is 5.33. The van der Waals surface area contributed by atoms with E-state index in [1.54, 1.807) is 49.4 Å². The van der Waals surface area contributed by atoms with Crippen molar-refractivity contribution in [3.63, 3.8) is 0 Å². The summed E-state index contributed by atoms with van der Waals surface area (Å²) in [7, 11) is 0. The van der Waals surface area contributed by atoms with Crippen molar-refractivity contribution < 1.29 is 27.5 Å². The summed E-state index contributed by atoms with van der Waals surface area (Å²) in [5, 5.41) is 2.80. The summed E-state index contributed by atoms with van der Waals surface area (Å²) in [4.78, 5) is 26.0. The quantitative estimate of drug-likeness (QED) is 0.230. The minimum absolute atomic E-state index is 0.0227. The fourth-order valence-electron chi connectivity index (χ4n) is 3.87. The predicted molar refractivity (Wildman–Crippen MR) is 128 cm³/mol. The highest BCUT2D eigenvalue weighted by Crippen LogP contribution is 2.40. The van der Waals surface area contributed by atoms with Crippen molar-refractivity contribution in [1.82, 2.24) is 4.57 Å². The molecule has 4 rings (SSSR count). The average molecular weight is 501 g/mol. The maximum absolute atomic E-state index is 14.5. The summed E-state index contributed by atoms with van der Waals surface area (Å²) >= 11 is 5.92. The van der Waals surface area contributed by atoms with E-state index >= 15 is 0 Å². The Morgan fingerprint density at radius 1 is 1.00 bits per heavy atom. The number of anilines is 1. The van der Waals surface area contributed by atoms with Gasteiger partial charge in [0.2, 0.25) is 0 Å². The Morgan fingerprint density at radius 2 is 1.69 bits per heavy atom. The highest BCUT2D eigenvalue weighted by molar-refractivity contribution is 6.48. The van der Waals surface area contributed by atoms with Crippen molar-refractivity contribution in [2.24, 2.45) is 0 Å². The molecule has 35 heavy (non-hydrogen) atoms. The second kappa shape index (κ2) is 9.84. The molecule has 0 saturated carbocycles. The van der Waals surface area contributed by atoms with Crippen LogP contribution in [0.25, 0.3) is 10.9 Å². The molecule has 0 radical (unpaired) electrons. The Labute approximate surface area is 204 Å². The van der Waals surface area contributed by atoms with Crippen LogP contribution in [0.3, 0.4) is 0 Å². The summed E-state index contributed by atoms with van der Waals surface area (Å²) in [5.74, 6) is -2.18. The molecule has 1 N–H and O–H groups in total. The number of amides is 1. The number of hydrogen-bond acceptors (Lipinski definition) is 3. The Balaban J connectivity index is 1.91. The van der Waals surface area contributed by atoms with E-state index in [9.17, 15) is 22.8 Å². The monoisotopic (exact) mass is 500 g/mol. The summed E-state index contributed by atoms with van der Waals surface area (Å²) in [6.45, 7) is 1.82. The van der Waals surface area contributed by atoms with Gasteiger partial charge in [-0.3, -0.25) is 9.59 Å². The van der Waals surface area contributed by atoms with Crippen LogP contribution in [0.4, 0.5) is 18.9 Å². The maximum Gasteiger partial charge on any atom is 0.432 e. The van der Waals surface area contributed by atoms with Crippen LogP contribution in [-0.2, 0) is 17.5 Å². The normalized spacial score (nSPS) is 11.5. The van der Waals surface area contributed by atoms with Crippen molar-refractivity contribution >= 4 is 39.9 Å². The van der Waals surface area contributed by atoms with Crippen molar-refractivity contribution in [2.45, 2.75) is 19.6 Å². The molecule has 1 aromatic heterocycles. The maximum atomic E-state index is 14.5. The predicted octanol–water partition coefficient (Wildman–Crippen LogP) is 6.58. The molecule has 0 unspecified atom stereocenters. The van der Waals surface area contributed by atoms with Crippen molar-refractivity contribution in [3.05, 3.63) is 94.6 Å². The minimum Gasteiger partial charge on any atom is -0.494 e. The first-order valence-corrected chi connectivity index (χ1v) is 11.1. The van der Waals surface area contributed by atoms with Crippen LogP contribution in [0.15, 0.2) is 72.8 Å². The number of Topliss-reactive ketones (excluding diaryl/α,β-unsaturated/α-hetero) is 1. The van der Waals surface area contributed by atoms with Gasteiger partial charge in [0.1, 0.15) is 11.4 Å². The van der Waals surface area contributed by atoms with Crippen LogP contribution >= 0.6 is 11.6 Å². The molecule has 5 nitrogen and oxygen atoms in total. The van der Waals surface area contributed by atoms with Crippen LogP contribution in [0.5, 0.6) is 5.75 Å². The van der Waals surface area contributed by atoms with Crippen molar-refractivity contribution in [1.29, 1.82) is 0 Å². The zero-order chi connectivity index (χ0) is 25.2. The number of ether oxygens (including phenoxy) is 1. The average Bonchev–Trinajstić information content (AvgIpc) is 3.14. The van der Waals surface area contributed by atoms with Crippen LogP contribution in [0.1, 0.15) is 28.5 Å². The first-order valence-electron chi connectivity index (χ1n) is 10.7. The van der Waals surface area contributed by atoms with E-state index in [1.807, 2.05) is 0 Å². The van der Waals surface area contributed by atoms with E-state index in [0.29, 0.717) is 16.3 Å². The Morgan fingerprint density at radius 3 is 2.31 bits per heavy atom. The van der Waals surface area contributed by atoms with Gasteiger partial charge in [-0.25, -0.2) is 0 Å². The number of benzene rings is 3. The molecule has 3 aromatic carbocycles. The zero-order valence-corrected chi connectivity index (χ0v) is 19.3. The molecule has 9 heteroatoms. The van der Waals surface area contributed by atoms with Gasteiger partial charge in [-0.15, -0.1) is 0 Å². The van der Waals surface area contributed by atoms with E-state index in [4.69, 9.17) is 16.3 Å². The molecule has 0 spiro atoms. The number of carbonyl (C=O) groups is 2. The SMILES string of the molecule is CCOc1ccc2c(c1)c(C(=O)C(=O)Nc1ccccc1)c(C(F)(F)F)n2Cc1ccc(Cl)cc1. The van der Waals surface area contributed by atoms with Crippen LogP contribution < -0.4 is 10.1 Å². The highest BCUT2D eigenvalue weighted by atomic mass is 35.5. The lowest BCUT2D eigenvalue weighted by Crippen LogP contribution is -2.26. The van der Waals surface area contributed by atoms with E-state index < -0.39 is 29.1 Å². The summed E-state index contributed by atoms with van der Waals surface area (Å²) in [6, 6.07) is 18.7. The molecule has 0 saturated heterocycles. The summed E-state index contributed by atoms with van der Waals surface area (Å²) in [5.41, 5.74) is -0.954. The van der Waals surface area contributed by atoms with Crippen LogP contribution in [0.2, 0.25) is 5.02 Å². The number of nitrogens with one attached hydrogen (secondary N) is 1. The lowest BCUT2D eigenvalue weighted by Gasteiger charge is -2.15. The zero-order valence-electron chi connectivity index (χ0n) is 18.5. The lowest BCUT2D eigenvalue weighted by atomic mass is 10.0. The second-order valence-corrected chi connectivity index (χ2v) is 8.13. The molecule has 180 valence electrons. The number of fused-ring (bicyclic) bond motifs is 1. The summed E-state index contributed by atoms with van der Waals surface area (Å²) in [6.07, 6.45) is -4.92. The highest BCUT2D eigenvalue weighted by Gasteiger charge is 2.42. The van der Waals surface area contributed by atoms with Gasteiger partial charge >= 0.3 is 6.18 Å². The molecule has 4 aromatic rings. The van der Waals surface area contributed by atoms with E-state index in [0.717, 1.165) is 4.57 Å². The Bertz CT molecular complexity index is 1380. The minimum atomic E-state index is -4.92. The molecule has 0 aliphatic rings. The third-order valence-corrected chi connectivity index (χ3v) is 5.59. The number of ketones is 1. The molecule has 1 amide bonds. The fourth-order valence-corrected chi connectivity index (χ4v) is 4.00. The molecular formula is C26H20ClF3N2O3. The molecule has 1 heterocycles. The van der Waals surface area contributed by atoms with Gasteiger partial charge in [0.15, 0.2) is 0 Å². The van der Waals surface area contributed by atoms with Crippen molar-refractivity contribution in [2.75, 3.05) is 11.9 Å². The standard InChI is InChI=1S/C26H20ClF3N2O3/c1-2-35-19-12-13-21-20(14-19)22(23(33)25(34)31-18-6-4-3-5-7-18)24(26(28,29)30)32(21)15-16-8-10-17(27)11-9-16/h3-14H,2,15H2,1H3,(H,31,34). The van der Waals surface area contributed by atoms with E-state index in [-0.39, 0.29) is 29.8 Å². The van der Waals surface area contributed by atoms with Crippen LogP contribution in [-0.4, -0.2) is 22.9 Å². The number of para-hydroxylation sites is 1. The van der Waals surface area contributed by atoms with Gasteiger partial charge in [-0.2, -0.15) is 13.2 Å². The Kier molecular flexibility index (Phi) is 6.84. The first-order chi connectivity index (χ1) is 16.7. The smallest absolute Gasteiger partial charge is 0.432 e. The molecule has 0 aliphatic heterocycles. The van der Waals surface area contributed by atoms with Gasteiger partial charge in [0, 0.05) is 28.2 Å². The number of aromatic nitrogens is 1. The largest absolute Gasteiger partial charge is 0.494 e. The van der Waals surface area contributed by atoms with Gasteiger partial charge in [-0.1, -0.05) is 41.9 Å². The molecular weight excluding hydrogens is 481 g/mol. The van der Waals surface area contributed by atoms with Gasteiger partial charge in [0.05, 0.1) is 12.2 Å². The number of nitrogens with zero attached hydrogens (tertiary/aromatic N) is 1. The van der Waals surface area contributed by atoms with E-state index in [2.05, 4.69) is 5.32 Å². The topological polar surface area (TPSA) is 60.3 Å². The van der Waals surface area contributed by atoms with Crippen molar-refractivity contribution in [3.8, 4) is 5.75 Å². The number of alkyl halides is 3. The summed E-state index contributed by atoms with van der Waals surface area (Å²) < 4.78 is 49.8. The Hall–Kier alpha value is -3.78. The van der Waals surface area contributed by atoms with Gasteiger partial charge in [-0.05, 0) is 55.0 Å². The molecule has 0 fully saturated rings. The number of carbonyl (C=O) groups excluding carboxylic acids is 2. The van der Waals surface area contributed by atoms with Gasteiger partial charge < -0.3 is 14.6 Å². The van der Waals surface area contributed by atoms with Gasteiger partial charge in [0.25, 0.3) is 11.7 Å².